The summed E-state index contributed by atoms with van der Waals surface area (Å²) in [5.74, 6) is 10.8. The summed E-state index contributed by atoms with van der Waals surface area (Å²) in [6.07, 6.45) is 9.75. The van der Waals surface area contributed by atoms with Crippen LogP contribution in [0.25, 0.3) is 0 Å². The van der Waals surface area contributed by atoms with Crippen molar-refractivity contribution in [2.75, 3.05) is 39.4 Å². The van der Waals surface area contributed by atoms with Crippen molar-refractivity contribution in [3.05, 3.63) is 134 Å². The topological polar surface area (TPSA) is 556 Å². The summed E-state index contributed by atoms with van der Waals surface area (Å²) in [5.41, 5.74) is 0.178. The number of nitrogens with zero attached hydrogens (tertiary/aromatic N) is 12. The van der Waals surface area contributed by atoms with Gasteiger partial charge in [-0.2, -0.15) is 35.6 Å². The Morgan fingerprint density at radius 1 is 0.577 bits per heavy atom. The van der Waals surface area contributed by atoms with Gasteiger partial charge in [-0.25, -0.2) is 24.5 Å². The number of aryl methyl sites for hydroxylation is 2. The largest absolute Gasteiger partial charge is 0.508 e. The number of Topliss-reactive ketones (excluding diaryl/α,β-unsaturated/α-hetero) is 2. The van der Waals surface area contributed by atoms with Crippen LogP contribution in [0.1, 0.15) is 320 Å². The predicted molar refractivity (Wildman–Crippen MR) is 564 cm³/mol. The molecule has 810 valence electrons. The normalized spacial score (nSPS) is 15.6. The molecule has 0 spiro atoms. The van der Waals surface area contributed by atoms with Crippen molar-refractivity contribution in [3.8, 4) is 5.75 Å². The lowest BCUT2D eigenvalue weighted by atomic mass is 9.80. The number of hydrogen-bond acceptors (Lipinski definition) is 32. The maximum absolute atomic E-state index is 11.2. The fraction of sp³-hybridized carbons (Fsp3) is 0.653. The van der Waals surface area contributed by atoms with E-state index in [4.69, 9.17) is 24.1 Å². The number of aromatic nitrogens is 9. The lowest BCUT2D eigenvalue weighted by Crippen LogP contribution is -2.30. The van der Waals surface area contributed by atoms with Crippen LogP contribution in [-0.4, -0.2) is 193 Å². The average molecular weight is 2030 g/mol. The van der Waals surface area contributed by atoms with E-state index in [1.54, 1.807) is 38.7 Å². The van der Waals surface area contributed by atoms with Gasteiger partial charge in [-0.1, -0.05) is 263 Å². The molecule has 3 fully saturated rings. The van der Waals surface area contributed by atoms with Crippen LogP contribution in [0.15, 0.2) is 139 Å². The average Bonchev–Trinajstić information content (AvgIpc) is 1.66. The number of ether oxygens (including phenoxy) is 4. The first kappa shape index (κ1) is 145. The molecule has 9 aliphatic heterocycles. The van der Waals surface area contributed by atoms with Gasteiger partial charge in [0, 0.05) is 73.4 Å². The maximum atomic E-state index is 11.2. The van der Waals surface area contributed by atoms with Crippen molar-refractivity contribution < 1.29 is 90.9 Å². The molecule has 0 aromatic carbocycles. The van der Waals surface area contributed by atoms with Crippen LogP contribution in [-0.2, 0) is 78.8 Å². The van der Waals surface area contributed by atoms with Gasteiger partial charge in [-0.05, 0) is 74.7 Å². The Morgan fingerprint density at radius 2 is 1.11 bits per heavy atom. The molecule has 2 atom stereocenters. The van der Waals surface area contributed by atoms with Crippen LogP contribution < -0.4 is 27.2 Å². The summed E-state index contributed by atoms with van der Waals surface area (Å²) in [5, 5.41) is 50.0. The summed E-state index contributed by atoms with van der Waals surface area (Å²) in [7, 11) is 1.77. The van der Waals surface area contributed by atoms with Crippen molar-refractivity contribution in [2.45, 2.75) is 321 Å². The van der Waals surface area contributed by atoms with E-state index in [9.17, 15) is 67.4 Å². The second-order valence-corrected chi connectivity index (χ2v) is 39.0. The Hall–Kier alpha value is -12.2. The Labute approximate surface area is 848 Å². The third kappa shape index (κ3) is 74.7. The number of aliphatic imine (C=N–C) groups is 4. The monoisotopic (exact) mass is 2030 g/mol. The minimum absolute atomic E-state index is 0. The third-order valence-corrected chi connectivity index (χ3v) is 17.0. The molecule has 40 nitrogen and oxygen atoms in total. The summed E-state index contributed by atoms with van der Waals surface area (Å²) in [6.45, 7) is 76.8. The number of aliphatic hydroxyl groups is 1. The number of aromatic hydroxyl groups is 1. The molecule has 8 N–H and O–H groups in total. The van der Waals surface area contributed by atoms with Gasteiger partial charge in [0.2, 0.25) is 17.2 Å². The molecule has 2 unspecified atom stereocenters. The van der Waals surface area contributed by atoms with E-state index < -0.39 is 17.3 Å². The standard InChI is InChI=1S/C9H14O3.C7H10O2S.C6H11N3.2C6H10N2O.C6H10N2.C6H9NO3.2C6H9NO2.C6H8O2.C5H9N3.C5H4O3.C4H6N2O.4C4H10.C3H3NO2.4CH4/c1-5-7(10)6(8(11)12-5)9(2,3)4;1-4(2)7-5(8)3-6(9)10-7;1-4(2)6-7-5(3)8-9-6;2*1-4(2)6-7-3-5(9)8-6;1-5(2)6-3-4-7-8-6;1-4(2)7-5(8)3-6(9)10-7;1-4(2)6-7-5(8)3-9-6;1-4(2)6-7-3-5(8)9-6;1-5-4-6(7)2-3-8-5;1-4(2)5-6-3-7-8-5;6-4-1-2-8-3-5(4)7;1-6-3-2-4(7)5-6;4*1-4(2)3;5-3-1-2-6-4-3;;;;/h6,10H,1-4H3;4,7H,3H2,1-2H3;4H,1-3H3,(H,7,8,9);2*4H,3H2,1-2H3,(H,7,8,9);3,5H,4H2,1-2H3;4H,3H2,1-2H3;2*4H,3H2,1-2H3;1-4H2;3-4H,1-2H3,(H,6,7,8);1-3,7H;2-3H,1H3,(H,5,7);4*4H,1-3H3;1-2H,(H,4,5);4*1H4. The number of hydroxylamine groups is 2. The summed E-state index contributed by atoms with van der Waals surface area (Å²) < 4.78 is 29.7. The number of ketones is 2. The second-order valence-electron chi connectivity index (χ2n) is 37.8. The number of esters is 2. The molecule has 5 aromatic heterocycles. The highest BCUT2D eigenvalue weighted by Gasteiger charge is 2.42. The van der Waals surface area contributed by atoms with Gasteiger partial charge in [0.05, 0.1) is 55.0 Å². The molecule has 14 rings (SSSR count). The number of hydrogen-bond donors (Lipinski definition) is 8. The highest BCUT2D eigenvalue weighted by molar-refractivity contribution is 8.15. The molecule has 5 aromatic rings. The fourth-order valence-electron chi connectivity index (χ4n) is 9.21. The number of amides is 4. The number of allylic oxidation sites excluding steroid dienone is 3. The quantitative estimate of drug-likeness (QED) is 0.0502. The van der Waals surface area contributed by atoms with Crippen molar-refractivity contribution in [3.63, 3.8) is 0 Å². The number of H-pyrrole nitrogens is 4. The van der Waals surface area contributed by atoms with Crippen molar-refractivity contribution in [1.29, 1.82) is 0 Å². The number of nitrogens with one attached hydrogen (secondary N) is 6. The summed E-state index contributed by atoms with van der Waals surface area (Å²) in [6, 6.07) is 3.87. The van der Waals surface area contributed by atoms with Gasteiger partial charge in [0.25, 0.3) is 22.9 Å². The number of aliphatic hydroxyl groups excluding tert-OH is 1. The van der Waals surface area contributed by atoms with Gasteiger partial charge in [0.15, 0.2) is 40.9 Å². The first-order chi connectivity index (χ1) is 63.9. The molecule has 4 amide bonds. The molecule has 0 saturated carbocycles. The van der Waals surface area contributed by atoms with Crippen LogP contribution in [0.4, 0.5) is 0 Å². The number of cyclic esters (lactones) is 2. The Bertz CT molecular complexity index is 4650. The van der Waals surface area contributed by atoms with Crippen molar-refractivity contribution >= 4 is 93.4 Å². The molecular formula is C101H178N18O22S. The SMILES string of the molecule is C.C.C.C.C=C1CC(=O)CCO1.CC(C)C.CC(C)C.CC(C)C.CC(C)C.CC(C)C1=CCN=N1.CC(C)C1=NC(=O)CO1.CC(C)C1=NCC(=O)N1.CC(C)C1=NCC(=O)N1.CC(C)C1=NCC(=O)O1.CC(C)C1SC(=O)CC1=O.CC(C)N1OC(=O)CC1=O.CC(C)c1ncn[nH]1.CC1=C(O)C(C(C)(C)C)C(=O)O1.Cc1nc(C(C)C)n[nH]1.Cn1ccc(=O)[nH]1.O=c1cco[nH]1.O=c1ccocc1O. The van der Waals surface area contributed by atoms with Crippen LogP contribution in [0, 0.1) is 77.4 Å². The zero-order valence-electron chi connectivity index (χ0n) is 88.5. The molecule has 0 bridgehead atoms. The first-order valence-electron chi connectivity index (χ1n) is 46.1. The predicted octanol–water partition coefficient (Wildman–Crippen LogP) is 19.1. The number of amidine groups is 2. The minimum Gasteiger partial charge on any atom is -0.508 e. The van der Waals surface area contributed by atoms with Crippen LogP contribution in [0.2, 0.25) is 0 Å². The van der Waals surface area contributed by atoms with E-state index in [2.05, 4.69) is 233 Å². The van der Waals surface area contributed by atoms with E-state index in [-0.39, 0.29) is 159 Å². The molecule has 0 aliphatic carbocycles. The van der Waals surface area contributed by atoms with E-state index in [1.165, 1.54) is 42.7 Å². The van der Waals surface area contributed by atoms with Gasteiger partial charge >= 0.3 is 17.9 Å². The smallest absolute Gasteiger partial charge is 0.342 e. The van der Waals surface area contributed by atoms with Crippen molar-refractivity contribution in [2.24, 2.45) is 108 Å². The van der Waals surface area contributed by atoms with Gasteiger partial charge in [-0.3, -0.25) is 82.7 Å². The second kappa shape index (κ2) is 79.4. The zero-order chi connectivity index (χ0) is 107. The van der Waals surface area contributed by atoms with Crippen molar-refractivity contribution in [1.82, 2.24) is 61.0 Å². The Morgan fingerprint density at radius 3 is 1.29 bits per heavy atom. The highest BCUT2D eigenvalue weighted by Crippen LogP contribution is 2.38. The number of azo groups is 1. The molecule has 14 heterocycles. The van der Waals surface area contributed by atoms with Crippen LogP contribution in [0.3, 0.4) is 0 Å². The van der Waals surface area contributed by atoms with Gasteiger partial charge < -0.3 is 53.6 Å². The molecule has 0 radical (unpaired) electrons. The number of rotatable bonds is 9. The molecular weight excluding hydrogens is 1850 g/mol. The van der Waals surface area contributed by atoms with E-state index in [0.717, 1.165) is 82.5 Å². The van der Waals surface area contributed by atoms with Gasteiger partial charge in [0.1, 0.15) is 91.4 Å². The summed E-state index contributed by atoms with van der Waals surface area (Å²) >= 11 is 1.19. The highest BCUT2D eigenvalue weighted by atomic mass is 32.2. The number of carbonyl (C=O) groups excluding carboxylic acids is 10. The minimum atomic E-state index is -0.502. The van der Waals surface area contributed by atoms with Crippen LogP contribution >= 0.6 is 11.8 Å². The lowest BCUT2D eigenvalue weighted by molar-refractivity contribution is -0.184. The number of carbonyl (C=O) groups is 10. The maximum Gasteiger partial charge on any atom is 0.342 e. The fourth-order valence-corrected chi connectivity index (χ4v) is 10.2. The first-order valence-corrected chi connectivity index (χ1v) is 47.0. The van der Waals surface area contributed by atoms with Gasteiger partial charge in [-0.15, -0.1) is 0 Å². The van der Waals surface area contributed by atoms with Crippen LogP contribution in [0.5, 0.6) is 5.75 Å². The van der Waals surface area contributed by atoms with E-state index in [1.807, 2.05) is 96.9 Å². The lowest BCUT2D eigenvalue weighted by Gasteiger charge is -2.23. The third-order valence-electron chi connectivity index (χ3n) is 15.5. The Kier molecular flexibility index (Phi) is 81.1. The van der Waals surface area contributed by atoms with E-state index >= 15 is 0 Å². The number of thioether (sulfide) groups is 1. The molecule has 142 heavy (non-hydrogen) atoms. The van der Waals surface area contributed by atoms with E-state index in [0.29, 0.717) is 91.4 Å². The molecule has 9 aliphatic rings. The molecule has 41 heteroatoms. The Balaban J connectivity index is -0.000000224. The molecule has 3 saturated heterocycles. The number of aromatic amines is 4. The summed E-state index contributed by atoms with van der Waals surface area (Å²) in [4.78, 5) is 165. The zero-order valence-corrected chi connectivity index (χ0v) is 89.3.